The van der Waals surface area contributed by atoms with Gasteiger partial charge in [0.15, 0.2) is 0 Å². The van der Waals surface area contributed by atoms with Gasteiger partial charge in [-0.2, -0.15) is 0 Å². The molecule has 0 fully saturated rings. The molecule has 0 radical (unpaired) electrons. The predicted octanol–water partition coefficient (Wildman–Crippen LogP) is 1.26. The summed E-state index contributed by atoms with van der Waals surface area (Å²) in [5.74, 6) is -0.0223. The molecule has 0 saturated carbocycles. The van der Waals surface area contributed by atoms with Crippen molar-refractivity contribution >= 4 is 11.6 Å². The summed E-state index contributed by atoms with van der Waals surface area (Å²) in [6.45, 7) is 5.26. The molecule has 1 aromatic carbocycles. The van der Waals surface area contributed by atoms with Crippen LogP contribution in [-0.4, -0.2) is 25.0 Å². The van der Waals surface area contributed by atoms with Gasteiger partial charge in [0.2, 0.25) is 5.91 Å². The standard InChI is InChI=1S/C13H21N3O/c1-10-4-6-12(7-5-10)16-13(17)11(2)15-9-3-8-14/h4-7,11,15H,3,8-9,14H2,1-2H3,(H,16,17). The average Bonchev–Trinajstić information content (AvgIpc) is 2.32. The fourth-order valence-corrected chi connectivity index (χ4v) is 1.40. The molecule has 0 aliphatic carbocycles. The third kappa shape index (κ3) is 4.97. The molecule has 1 aromatic rings. The van der Waals surface area contributed by atoms with Crippen molar-refractivity contribution in [3.8, 4) is 0 Å². The van der Waals surface area contributed by atoms with E-state index in [1.165, 1.54) is 5.56 Å². The van der Waals surface area contributed by atoms with Crippen molar-refractivity contribution in [2.75, 3.05) is 18.4 Å². The second-order valence-electron chi connectivity index (χ2n) is 4.17. The minimum absolute atomic E-state index is 0.0223. The molecular formula is C13H21N3O. The molecule has 0 saturated heterocycles. The van der Waals surface area contributed by atoms with Gasteiger partial charge >= 0.3 is 0 Å². The predicted molar refractivity (Wildman–Crippen MR) is 70.9 cm³/mol. The van der Waals surface area contributed by atoms with Crippen molar-refractivity contribution < 1.29 is 4.79 Å². The van der Waals surface area contributed by atoms with E-state index in [1.807, 2.05) is 38.1 Å². The van der Waals surface area contributed by atoms with E-state index < -0.39 is 0 Å². The summed E-state index contributed by atoms with van der Waals surface area (Å²) in [5.41, 5.74) is 7.39. The van der Waals surface area contributed by atoms with E-state index in [2.05, 4.69) is 10.6 Å². The normalized spacial score (nSPS) is 12.2. The highest BCUT2D eigenvalue weighted by Crippen LogP contribution is 2.08. The Labute approximate surface area is 103 Å². The van der Waals surface area contributed by atoms with E-state index >= 15 is 0 Å². The van der Waals surface area contributed by atoms with Gasteiger partial charge in [0, 0.05) is 5.69 Å². The zero-order valence-electron chi connectivity index (χ0n) is 10.5. The van der Waals surface area contributed by atoms with Gasteiger partial charge in [-0.05, 0) is 45.5 Å². The maximum Gasteiger partial charge on any atom is 0.241 e. The van der Waals surface area contributed by atoms with Crippen LogP contribution in [-0.2, 0) is 4.79 Å². The summed E-state index contributed by atoms with van der Waals surface area (Å²) < 4.78 is 0. The van der Waals surface area contributed by atoms with Gasteiger partial charge < -0.3 is 16.4 Å². The highest BCUT2D eigenvalue weighted by Gasteiger charge is 2.11. The summed E-state index contributed by atoms with van der Waals surface area (Å²) in [7, 11) is 0. The topological polar surface area (TPSA) is 67.2 Å². The monoisotopic (exact) mass is 235 g/mol. The zero-order chi connectivity index (χ0) is 12.7. The van der Waals surface area contributed by atoms with Gasteiger partial charge in [-0.25, -0.2) is 0 Å². The molecule has 1 unspecified atom stereocenters. The molecule has 0 heterocycles. The summed E-state index contributed by atoms with van der Waals surface area (Å²) >= 11 is 0. The number of aryl methyl sites for hydroxylation is 1. The SMILES string of the molecule is Cc1ccc(NC(=O)C(C)NCCCN)cc1. The van der Waals surface area contributed by atoms with Gasteiger partial charge in [-0.15, -0.1) is 0 Å². The van der Waals surface area contributed by atoms with Crippen LogP contribution < -0.4 is 16.4 Å². The van der Waals surface area contributed by atoms with Crippen LogP contribution in [0.4, 0.5) is 5.69 Å². The largest absolute Gasteiger partial charge is 0.330 e. The van der Waals surface area contributed by atoms with Crippen LogP contribution in [0.15, 0.2) is 24.3 Å². The molecular weight excluding hydrogens is 214 g/mol. The van der Waals surface area contributed by atoms with E-state index in [-0.39, 0.29) is 11.9 Å². The third-order valence-corrected chi connectivity index (χ3v) is 2.54. The van der Waals surface area contributed by atoms with Crippen LogP contribution in [0.2, 0.25) is 0 Å². The number of nitrogens with two attached hydrogens (primary N) is 1. The Balaban J connectivity index is 2.40. The fourth-order valence-electron chi connectivity index (χ4n) is 1.40. The first-order valence-corrected chi connectivity index (χ1v) is 5.94. The number of benzene rings is 1. The minimum atomic E-state index is -0.206. The van der Waals surface area contributed by atoms with Crippen molar-refractivity contribution in [1.29, 1.82) is 0 Å². The first-order chi connectivity index (χ1) is 8.13. The Hall–Kier alpha value is -1.39. The first-order valence-electron chi connectivity index (χ1n) is 5.94. The summed E-state index contributed by atoms with van der Waals surface area (Å²) in [4.78, 5) is 11.8. The molecule has 1 atom stereocenters. The number of rotatable bonds is 6. The first kappa shape index (κ1) is 13.7. The Kier molecular flexibility index (Phi) is 5.66. The molecule has 17 heavy (non-hydrogen) atoms. The molecule has 4 heteroatoms. The number of carbonyl (C=O) groups is 1. The van der Waals surface area contributed by atoms with E-state index in [1.54, 1.807) is 0 Å². The molecule has 4 nitrogen and oxygen atoms in total. The smallest absolute Gasteiger partial charge is 0.241 e. The van der Waals surface area contributed by atoms with Crippen molar-refractivity contribution in [1.82, 2.24) is 5.32 Å². The Morgan fingerprint density at radius 3 is 2.59 bits per heavy atom. The lowest BCUT2D eigenvalue weighted by Gasteiger charge is -2.13. The maximum atomic E-state index is 11.8. The van der Waals surface area contributed by atoms with Gasteiger partial charge in [-0.1, -0.05) is 17.7 Å². The second-order valence-corrected chi connectivity index (χ2v) is 4.17. The highest BCUT2D eigenvalue weighted by molar-refractivity contribution is 5.94. The number of anilines is 1. The van der Waals surface area contributed by atoms with Crippen LogP contribution in [0.1, 0.15) is 18.9 Å². The molecule has 94 valence electrons. The Morgan fingerprint density at radius 2 is 2.00 bits per heavy atom. The van der Waals surface area contributed by atoms with Crippen molar-refractivity contribution in [2.45, 2.75) is 26.3 Å². The van der Waals surface area contributed by atoms with Crippen LogP contribution in [0.3, 0.4) is 0 Å². The van der Waals surface area contributed by atoms with Crippen molar-refractivity contribution in [3.05, 3.63) is 29.8 Å². The Morgan fingerprint density at radius 1 is 1.35 bits per heavy atom. The molecule has 0 aromatic heterocycles. The van der Waals surface area contributed by atoms with Gasteiger partial charge in [0.05, 0.1) is 6.04 Å². The van der Waals surface area contributed by atoms with E-state index in [9.17, 15) is 4.79 Å². The van der Waals surface area contributed by atoms with Crippen LogP contribution in [0, 0.1) is 6.92 Å². The Bertz CT molecular complexity index is 348. The number of hydrogen-bond acceptors (Lipinski definition) is 3. The lowest BCUT2D eigenvalue weighted by molar-refractivity contribution is -0.117. The maximum absolute atomic E-state index is 11.8. The molecule has 1 rings (SSSR count). The summed E-state index contributed by atoms with van der Waals surface area (Å²) in [6.07, 6.45) is 0.877. The number of amides is 1. The number of nitrogens with one attached hydrogen (secondary N) is 2. The van der Waals surface area contributed by atoms with Gasteiger partial charge in [0.1, 0.15) is 0 Å². The molecule has 0 bridgehead atoms. The van der Waals surface area contributed by atoms with Gasteiger partial charge in [0.25, 0.3) is 0 Å². The van der Waals surface area contributed by atoms with Crippen LogP contribution >= 0.6 is 0 Å². The highest BCUT2D eigenvalue weighted by atomic mass is 16.2. The molecule has 0 spiro atoms. The van der Waals surface area contributed by atoms with E-state index in [0.717, 1.165) is 18.7 Å². The molecule has 4 N–H and O–H groups in total. The lowest BCUT2D eigenvalue weighted by Crippen LogP contribution is -2.38. The molecule has 1 amide bonds. The van der Waals surface area contributed by atoms with Crippen molar-refractivity contribution in [2.24, 2.45) is 5.73 Å². The zero-order valence-corrected chi connectivity index (χ0v) is 10.5. The minimum Gasteiger partial charge on any atom is -0.330 e. The summed E-state index contributed by atoms with van der Waals surface area (Å²) in [6, 6.07) is 7.55. The van der Waals surface area contributed by atoms with E-state index in [0.29, 0.717) is 6.54 Å². The second kappa shape index (κ2) is 7.04. The lowest BCUT2D eigenvalue weighted by atomic mass is 10.2. The molecule has 0 aliphatic rings. The fraction of sp³-hybridized carbons (Fsp3) is 0.462. The third-order valence-electron chi connectivity index (χ3n) is 2.54. The van der Waals surface area contributed by atoms with E-state index in [4.69, 9.17) is 5.73 Å². The number of carbonyl (C=O) groups excluding carboxylic acids is 1. The summed E-state index contributed by atoms with van der Waals surface area (Å²) in [5, 5.41) is 5.99. The van der Waals surface area contributed by atoms with Gasteiger partial charge in [-0.3, -0.25) is 4.79 Å². The van der Waals surface area contributed by atoms with Crippen LogP contribution in [0.5, 0.6) is 0 Å². The number of hydrogen-bond donors (Lipinski definition) is 3. The quantitative estimate of drug-likeness (QED) is 0.650. The average molecular weight is 235 g/mol. The molecule has 0 aliphatic heterocycles. The van der Waals surface area contributed by atoms with Crippen molar-refractivity contribution in [3.63, 3.8) is 0 Å². The van der Waals surface area contributed by atoms with Crippen LogP contribution in [0.25, 0.3) is 0 Å².